The highest BCUT2D eigenvalue weighted by atomic mass is 19.1. The van der Waals surface area contributed by atoms with Crippen molar-refractivity contribution < 1.29 is 13.6 Å². The van der Waals surface area contributed by atoms with Crippen LogP contribution in [-0.4, -0.2) is 64.1 Å². The number of rotatable bonds is 5. The molecule has 1 saturated heterocycles. The highest BCUT2D eigenvalue weighted by molar-refractivity contribution is 5.94. The number of hydrogen-bond donors (Lipinski definition) is 3. The number of pyridine rings is 1. The number of fused-ring (bicyclic) bond motifs is 1. The van der Waals surface area contributed by atoms with E-state index in [1.807, 2.05) is 25.7 Å². The lowest BCUT2D eigenvalue weighted by Gasteiger charge is -2.28. The maximum atomic E-state index is 14.9. The standard InChI is InChI=1S/C25H28F2N8O/c1-14(2)35-15(3)31-23-18(26)10-17(11-20(23)35)22-19(27)13-30-25(33-22)32-21-5-4-16(12-29-21)24(36)34-8-6-28-7-9-34/h4-5,10-15,28,31H,6-9H2,1-3H3,(H,29,30,32,33). The van der Waals surface area contributed by atoms with Gasteiger partial charge in [-0.15, -0.1) is 0 Å². The molecule has 1 unspecified atom stereocenters. The third kappa shape index (κ3) is 4.53. The van der Waals surface area contributed by atoms with Crippen molar-refractivity contribution in [2.24, 2.45) is 0 Å². The molecule has 4 heterocycles. The van der Waals surface area contributed by atoms with Crippen molar-refractivity contribution in [1.82, 2.24) is 25.2 Å². The van der Waals surface area contributed by atoms with Crippen LogP contribution in [0.1, 0.15) is 31.1 Å². The number of aromatic nitrogens is 3. The van der Waals surface area contributed by atoms with Gasteiger partial charge in [-0.3, -0.25) is 4.79 Å². The van der Waals surface area contributed by atoms with Crippen molar-refractivity contribution in [3.8, 4) is 11.3 Å². The summed E-state index contributed by atoms with van der Waals surface area (Å²) < 4.78 is 29.7. The first-order valence-corrected chi connectivity index (χ1v) is 12.0. The molecule has 9 nitrogen and oxygen atoms in total. The smallest absolute Gasteiger partial charge is 0.255 e. The minimum Gasteiger partial charge on any atom is -0.361 e. The second kappa shape index (κ2) is 9.65. The maximum absolute atomic E-state index is 14.9. The van der Waals surface area contributed by atoms with Crippen molar-refractivity contribution in [2.75, 3.05) is 41.7 Å². The van der Waals surface area contributed by atoms with Crippen molar-refractivity contribution in [3.05, 3.63) is 53.9 Å². The number of piperazine rings is 1. The molecule has 2 aromatic heterocycles. The molecule has 0 saturated carbocycles. The first-order valence-electron chi connectivity index (χ1n) is 12.0. The zero-order valence-corrected chi connectivity index (χ0v) is 20.3. The number of carbonyl (C=O) groups is 1. The Balaban J connectivity index is 1.38. The molecule has 0 radical (unpaired) electrons. The first-order chi connectivity index (χ1) is 17.3. The Morgan fingerprint density at radius 2 is 1.89 bits per heavy atom. The Bertz CT molecular complexity index is 1280. The average molecular weight is 495 g/mol. The van der Waals surface area contributed by atoms with Crippen LogP contribution in [0.25, 0.3) is 11.3 Å². The number of halogens is 2. The van der Waals surface area contributed by atoms with E-state index in [1.54, 1.807) is 23.1 Å². The topological polar surface area (TPSA) is 98.3 Å². The molecule has 11 heteroatoms. The van der Waals surface area contributed by atoms with E-state index in [0.717, 1.165) is 19.3 Å². The number of hydrogen-bond acceptors (Lipinski definition) is 8. The quantitative estimate of drug-likeness (QED) is 0.495. The molecule has 1 aromatic carbocycles. The van der Waals surface area contributed by atoms with Crippen LogP contribution in [0.2, 0.25) is 0 Å². The third-order valence-electron chi connectivity index (χ3n) is 6.35. The maximum Gasteiger partial charge on any atom is 0.255 e. The third-order valence-corrected chi connectivity index (χ3v) is 6.35. The van der Waals surface area contributed by atoms with E-state index in [0.29, 0.717) is 41.4 Å². The summed E-state index contributed by atoms with van der Waals surface area (Å²) in [6.45, 7) is 8.81. The Hall–Kier alpha value is -3.86. The van der Waals surface area contributed by atoms with Gasteiger partial charge in [0.15, 0.2) is 5.82 Å². The fourth-order valence-corrected chi connectivity index (χ4v) is 4.68. The second-order valence-electron chi connectivity index (χ2n) is 9.16. The van der Waals surface area contributed by atoms with Crippen LogP contribution in [0.3, 0.4) is 0 Å². The molecule has 1 amide bonds. The lowest BCUT2D eigenvalue weighted by Crippen LogP contribution is -2.46. The van der Waals surface area contributed by atoms with Crippen LogP contribution in [0.15, 0.2) is 36.7 Å². The van der Waals surface area contributed by atoms with E-state index in [4.69, 9.17) is 0 Å². The van der Waals surface area contributed by atoms with Gasteiger partial charge < -0.3 is 25.8 Å². The number of nitrogens with one attached hydrogen (secondary N) is 3. The first kappa shape index (κ1) is 23.9. The van der Waals surface area contributed by atoms with Gasteiger partial charge in [-0.05, 0) is 45.0 Å². The van der Waals surface area contributed by atoms with Gasteiger partial charge in [0.1, 0.15) is 17.3 Å². The monoisotopic (exact) mass is 494 g/mol. The van der Waals surface area contributed by atoms with E-state index in [-0.39, 0.29) is 29.8 Å². The minimum absolute atomic E-state index is 0.0250. The predicted octanol–water partition coefficient (Wildman–Crippen LogP) is 3.59. The van der Waals surface area contributed by atoms with Gasteiger partial charge in [0.2, 0.25) is 5.95 Å². The van der Waals surface area contributed by atoms with E-state index in [1.165, 1.54) is 12.3 Å². The summed E-state index contributed by atoms with van der Waals surface area (Å²) in [5, 5.41) is 9.29. The molecule has 0 aliphatic carbocycles. The molecule has 2 aliphatic heterocycles. The van der Waals surface area contributed by atoms with Crippen molar-refractivity contribution in [3.63, 3.8) is 0 Å². The number of benzene rings is 1. The van der Waals surface area contributed by atoms with Gasteiger partial charge in [0, 0.05) is 44.0 Å². The van der Waals surface area contributed by atoms with Gasteiger partial charge in [0.05, 0.1) is 29.3 Å². The molecule has 3 aromatic rings. The Labute approximate surface area is 208 Å². The van der Waals surface area contributed by atoms with Gasteiger partial charge >= 0.3 is 0 Å². The molecule has 3 N–H and O–H groups in total. The van der Waals surface area contributed by atoms with E-state index >= 15 is 0 Å². The van der Waals surface area contributed by atoms with Gasteiger partial charge in [-0.2, -0.15) is 0 Å². The van der Waals surface area contributed by atoms with Crippen LogP contribution < -0.4 is 20.9 Å². The van der Waals surface area contributed by atoms with E-state index in [9.17, 15) is 13.6 Å². The minimum atomic E-state index is -0.667. The second-order valence-corrected chi connectivity index (χ2v) is 9.16. The van der Waals surface area contributed by atoms with Crippen LogP contribution in [0.5, 0.6) is 0 Å². The normalized spacial score (nSPS) is 17.2. The van der Waals surface area contributed by atoms with E-state index < -0.39 is 11.6 Å². The number of carbonyl (C=O) groups excluding carboxylic acids is 1. The lowest BCUT2D eigenvalue weighted by molar-refractivity contribution is 0.0735. The summed E-state index contributed by atoms with van der Waals surface area (Å²) in [6, 6.07) is 6.44. The molecule has 1 atom stereocenters. The molecule has 0 spiro atoms. The average Bonchev–Trinajstić information content (AvgIpc) is 3.22. The lowest BCUT2D eigenvalue weighted by atomic mass is 10.1. The zero-order chi connectivity index (χ0) is 25.4. The van der Waals surface area contributed by atoms with Gasteiger partial charge in [-0.1, -0.05) is 0 Å². The summed E-state index contributed by atoms with van der Waals surface area (Å²) in [7, 11) is 0. The Morgan fingerprint density at radius 3 is 2.58 bits per heavy atom. The molecular weight excluding hydrogens is 466 g/mol. The molecular formula is C25H28F2N8O. The van der Waals surface area contributed by atoms with Crippen LogP contribution in [0, 0.1) is 11.6 Å². The van der Waals surface area contributed by atoms with Gasteiger partial charge in [-0.25, -0.2) is 23.7 Å². The SMILES string of the molecule is CC(C)N1c2cc(-c3nc(Nc4ccc(C(=O)N5CCNCC5)cn4)ncc3F)cc(F)c2NC1C. The zero-order valence-electron chi connectivity index (χ0n) is 20.3. The highest BCUT2D eigenvalue weighted by Gasteiger charge is 2.31. The molecule has 1 fully saturated rings. The summed E-state index contributed by atoms with van der Waals surface area (Å²) in [6.07, 6.45) is 2.44. The van der Waals surface area contributed by atoms with Crippen LogP contribution in [-0.2, 0) is 0 Å². The summed E-state index contributed by atoms with van der Waals surface area (Å²) >= 11 is 0. The molecule has 5 rings (SSSR count). The van der Waals surface area contributed by atoms with E-state index in [2.05, 4.69) is 30.9 Å². The fourth-order valence-electron chi connectivity index (χ4n) is 4.68. The fraction of sp³-hybridized carbons (Fsp3) is 0.360. The summed E-state index contributed by atoms with van der Waals surface area (Å²) in [5.74, 6) is -0.716. The molecule has 36 heavy (non-hydrogen) atoms. The molecule has 0 bridgehead atoms. The summed E-state index contributed by atoms with van der Waals surface area (Å²) in [5.41, 5.74) is 1.82. The number of anilines is 4. The molecule has 188 valence electrons. The van der Waals surface area contributed by atoms with Crippen molar-refractivity contribution in [1.29, 1.82) is 0 Å². The van der Waals surface area contributed by atoms with Crippen LogP contribution >= 0.6 is 0 Å². The number of nitrogens with zero attached hydrogens (tertiary/aromatic N) is 5. The summed E-state index contributed by atoms with van der Waals surface area (Å²) in [4.78, 5) is 29.0. The Kier molecular flexibility index (Phi) is 6.40. The van der Waals surface area contributed by atoms with Crippen molar-refractivity contribution >= 4 is 29.0 Å². The van der Waals surface area contributed by atoms with Crippen LogP contribution in [0.4, 0.5) is 31.9 Å². The van der Waals surface area contributed by atoms with Gasteiger partial charge in [0.25, 0.3) is 5.91 Å². The Morgan fingerprint density at radius 1 is 1.11 bits per heavy atom. The van der Waals surface area contributed by atoms with Crippen molar-refractivity contribution in [2.45, 2.75) is 33.0 Å². The number of amides is 1. The highest BCUT2D eigenvalue weighted by Crippen LogP contribution is 2.41. The largest absolute Gasteiger partial charge is 0.361 e. The predicted molar refractivity (Wildman–Crippen MR) is 134 cm³/mol. The molecule has 2 aliphatic rings.